The van der Waals surface area contributed by atoms with Crippen molar-refractivity contribution >= 4 is 12.0 Å². The molecule has 0 aromatic heterocycles. The van der Waals surface area contributed by atoms with Crippen molar-refractivity contribution < 1.29 is 32.5 Å². The molecular formula is C25H29F2NO5. The van der Waals surface area contributed by atoms with Crippen molar-refractivity contribution in [3.05, 3.63) is 59.7 Å². The molecule has 1 N–H and O–H groups in total. The molecule has 178 valence electrons. The number of alkyl halides is 2. The van der Waals surface area contributed by atoms with E-state index in [2.05, 4.69) is 10.1 Å². The lowest BCUT2D eigenvalue weighted by Crippen LogP contribution is -2.44. The average molecular weight is 462 g/mol. The van der Waals surface area contributed by atoms with Gasteiger partial charge in [0.15, 0.2) is 11.5 Å². The normalized spacial score (nSPS) is 15.4. The van der Waals surface area contributed by atoms with Crippen molar-refractivity contribution in [2.24, 2.45) is 0 Å². The predicted octanol–water partition coefficient (Wildman–Crippen LogP) is 4.57. The van der Waals surface area contributed by atoms with Crippen LogP contribution in [-0.4, -0.2) is 46.0 Å². The lowest BCUT2D eigenvalue weighted by molar-refractivity contribution is -0.116. The fraction of sp³-hybridized carbons (Fsp3) is 0.400. The van der Waals surface area contributed by atoms with Gasteiger partial charge in [-0.3, -0.25) is 4.79 Å². The molecule has 0 atom stereocenters. The highest BCUT2D eigenvalue weighted by Crippen LogP contribution is 2.36. The summed E-state index contributed by atoms with van der Waals surface area (Å²) in [4.78, 5) is 12.6. The summed E-state index contributed by atoms with van der Waals surface area (Å²) in [5.41, 5.74) is 1.17. The van der Waals surface area contributed by atoms with Crippen LogP contribution in [0.15, 0.2) is 48.5 Å². The van der Waals surface area contributed by atoms with E-state index < -0.39 is 6.61 Å². The van der Waals surface area contributed by atoms with E-state index >= 15 is 0 Å². The summed E-state index contributed by atoms with van der Waals surface area (Å²) in [5, 5.41) is 2.96. The number of amides is 1. The van der Waals surface area contributed by atoms with E-state index in [0.717, 1.165) is 24.2 Å². The van der Waals surface area contributed by atoms with Crippen molar-refractivity contribution in [3.8, 4) is 17.2 Å². The van der Waals surface area contributed by atoms with E-state index in [1.54, 1.807) is 12.1 Å². The van der Waals surface area contributed by atoms with Crippen LogP contribution in [0.3, 0.4) is 0 Å². The number of nitrogens with one attached hydrogen (secondary N) is 1. The molecule has 0 radical (unpaired) electrons. The molecule has 0 bridgehead atoms. The number of rotatable bonds is 10. The fourth-order valence-electron chi connectivity index (χ4n) is 3.92. The second kappa shape index (κ2) is 11.7. The largest absolute Gasteiger partial charge is 0.494 e. The van der Waals surface area contributed by atoms with Gasteiger partial charge >= 0.3 is 6.61 Å². The minimum atomic E-state index is -3.01. The second-order valence-corrected chi connectivity index (χ2v) is 7.66. The Morgan fingerprint density at radius 2 is 1.91 bits per heavy atom. The third-order valence-corrected chi connectivity index (χ3v) is 5.68. The van der Waals surface area contributed by atoms with Gasteiger partial charge in [0, 0.05) is 36.8 Å². The molecule has 3 rings (SSSR count). The molecule has 2 aromatic carbocycles. The third-order valence-electron chi connectivity index (χ3n) is 5.68. The van der Waals surface area contributed by atoms with Crippen molar-refractivity contribution in [2.75, 3.05) is 33.5 Å². The van der Waals surface area contributed by atoms with Crippen molar-refractivity contribution in [1.29, 1.82) is 0 Å². The van der Waals surface area contributed by atoms with Crippen LogP contribution in [0, 0.1) is 0 Å². The minimum Gasteiger partial charge on any atom is -0.494 e. The molecule has 1 fully saturated rings. The highest BCUT2D eigenvalue weighted by molar-refractivity contribution is 5.92. The number of ether oxygens (including phenoxy) is 4. The van der Waals surface area contributed by atoms with Gasteiger partial charge in [-0.05, 0) is 49.6 Å². The monoisotopic (exact) mass is 461 g/mol. The van der Waals surface area contributed by atoms with E-state index in [-0.39, 0.29) is 22.8 Å². The van der Waals surface area contributed by atoms with Crippen LogP contribution in [0.5, 0.6) is 17.2 Å². The zero-order chi connectivity index (χ0) is 23.7. The van der Waals surface area contributed by atoms with Gasteiger partial charge in [-0.1, -0.05) is 24.3 Å². The number of halogens is 2. The average Bonchev–Trinajstić information content (AvgIpc) is 2.83. The minimum absolute atomic E-state index is 0.116. The van der Waals surface area contributed by atoms with Crippen LogP contribution in [0.1, 0.15) is 30.9 Å². The van der Waals surface area contributed by atoms with Gasteiger partial charge in [0.1, 0.15) is 5.75 Å². The summed E-state index contributed by atoms with van der Waals surface area (Å²) in [7, 11) is 1.36. The summed E-state index contributed by atoms with van der Waals surface area (Å²) in [6.45, 7) is 1.16. The lowest BCUT2D eigenvalue weighted by atomic mass is 9.74. The van der Waals surface area contributed by atoms with Crippen molar-refractivity contribution in [1.82, 2.24) is 5.32 Å². The first-order valence-electron chi connectivity index (χ1n) is 10.9. The Morgan fingerprint density at radius 1 is 1.18 bits per heavy atom. The Morgan fingerprint density at radius 3 is 2.55 bits per heavy atom. The molecule has 1 heterocycles. The standard InChI is InChI=1S/C25H29F2NO5/c1-3-32-20-10-8-19(9-11-20)25(13-15-31-16-14-25)17-28-22(29)12-7-18-5-4-6-21(30-2)23(18)33-24(26)27/h4-12,24H,3,13-17H2,1-2H3,(H,28,29)/b12-7+. The highest BCUT2D eigenvalue weighted by Gasteiger charge is 2.34. The van der Waals surface area contributed by atoms with Gasteiger partial charge in [0.25, 0.3) is 0 Å². The molecule has 1 aliphatic rings. The summed E-state index contributed by atoms with van der Waals surface area (Å²) in [6.07, 6.45) is 4.28. The number of hydrogen-bond donors (Lipinski definition) is 1. The van der Waals surface area contributed by atoms with E-state index in [9.17, 15) is 13.6 Å². The first-order chi connectivity index (χ1) is 16.0. The van der Waals surface area contributed by atoms with E-state index in [4.69, 9.17) is 14.2 Å². The molecule has 33 heavy (non-hydrogen) atoms. The first kappa shape index (κ1) is 24.5. The maximum atomic E-state index is 12.8. The number of carbonyl (C=O) groups excluding carboxylic acids is 1. The van der Waals surface area contributed by atoms with E-state index in [1.165, 1.54) is 25.3 Å². The van der Waals surface area contributed by atoms with Gasteiger partial charge in [0.2, 0.25) is 5.91 Å². The molecule has 0 unspecified atom stereocenters. The second-order valence-electron chi connectivity index (χ2n) is 7.66. The fourth-order valence-corrected chi connectivity index (χ4v) is 3.92. The molecule has 1 aliphatic heterocycles. The van der Waals surface area contributed by atoms with E-state index in [0.29, 0.717) is 31.9 Å². The Labute approximate surface area is 192 Å². The molecule has 6 nitrogen and oxygen atoms in total. The number of hydrogen-bond acceptors (Lipinski definition) is 5. The maximum Gasteiger partial charge on any atom is 0.387 e. The van der Waals surface area contributed by atoms with Crippen molar-refractivity contribution in [3.63, 3.8) is 0 Å². The SMILES string of the molecule is CCOc1ccc(C2(CNC(=O)/C=C/c3cccc(OC)c3OC(F)F)CCOCC2)cc1. The van der Waals surface area contributed by atoms with Gasteiger partial charge in [-0.25, -0.2) is 0 Å². The van der Waals surface area contributed by atoms with Gasteiger partial charge in [-0.2, -0.15) is 8.78 Å². The Balaban J connectivity index is 1.72. The van der Waals surface area contributed by atoms with Gasteiger partial charge in [-0.15, -0.1) is 0 Å². The quantitative estimate of drug-likeness (QED) is 0.525. The molecule has 8 heteroatoms. The van der Waals surface area contributed by atoms with Crippen LogP contribution in [-0.2, 0) is 14.9 Å². The molecule has 1 amide bonds. The Hall–Kier alpha value is -3.13. The summed E-state index contributed by atoms with van der Waals surface area (Å²) in [5.74, 6) is 0.511. The smallest absolute Gasteiger partial charge is 0.387 e. The molecule has 0 spiro atoms. The Bertz CT molecular complexity index is 940. The van der Waals surface area contributed by atoms with E-state index in [1.807, 2.05) is 31.2 Å². The first-order valence-corrected chi connectivity index (χ1v) is 10.9. The zero-order valence-corrected chi connectivity index (χ0v) is 18.8. The lowest BCUT2D eigenvalue weighted by Gasteiger charge is -2.38. The zero-order valence-electron chi connectivity index (χ0n) is 18.8. The molecule has 0 saturated carbocycles. The van der Waals surface area contributed by atoms with Crippen LogP contribution < -0.4 is 19.5 Å². The number of carbonyl (C=O) groups is 1. The summed E-state index contributed by atoms with van der Waals surface area (Å²) in [6, 6.07) is 12.7. The summed E-state index contributed by atoms with van der Waals surface area (Å²) < 4.78 is 46.4. The number of benzene rings is 2. The number of methoxy groups -OCH3 is 1. The summed E-state index contributed by atoms with van der Waals surface area (Å²) >= 11 is 0. The van der Waals surface area contributed by atoms with Crippen LogP contribution in [0.4, 0.5) is 8.78 Å². The third kappa shape index (κ3) is 6.44. The van der Waals surface area contributed by atoms with Crippen LogP contribution in [0.25, 0.3) is 6.08 Å². The van der Waals surface area contributed by atoms with Gasteiger partial charge in [0.05, 0.1) is 13.7 Å². The predicted molar refractivity (Wildman–Crippen MR) is 121 cm³/mol. The molecule has 2 aromatic rings. The number of para-hydroxylation sites is 1. The molecular weight excluding hydrogens is 432 g/mol. The molecule has 0 aliphatic carbocycles. The highest BCUT2D eigenvalue weighted by atomic mass is 19.3. The van der Waals surface area contributed by atoms with Crippen LogP contribution in [0.2, 0.25) is 0 Å². The maximum absolute atomic E-state index is 12.8. The van der Waals surface area contributed by atoms with Crippen LogP contribution >= 0.6 is 0 Å². The van der Waals surface area contributed by atoms with Gasteiger partial charge < -0.3 is 24.3 Å². The molecule has 1 saturated heterocycles. The Kier molecular flexibility index (Phi) is 8.65. The van der Waals surface area contributed by atoms with Crippen molar-refractivity contribution in [2.45, 2.75) is 31.8 Å². The topological polar surface area (TPSA) is 66.0 Å².